The van der Waals surface area contributed by atoms with Crippen LogP contribution in [0, 0.1) is 0 Å². The summed E-state index contributed by atoms with van der Waals surface area (Å²) in [5.41, 5.74) is 1.39. The van der Waals surface area contributed by atoms with Gasteiger partial charge in [-0.05, 0) is 47.5 Å². The summed E-state index contributed by atoms with van der Waals surface area (Å²) < 4.78 is 37.1. The number of esters is 1. The highest BCUT2D eigenvalue weighted by Crippen LogP contribution is 2.43. The first-order chi connectivity index (χ1) is 16.8. The van der Waals surface area contributed by atoms with Crippen LogP contribution in [-0.2, 0) is 25.9 Å². The Kier molecular flexibility index (Phi) is 6.61. The molecule has 9 heteroatoms. The summed E-state index contributed by atoms with van der Waals surface area (Å²) in [6, 6.07) is 19.5. The Bertz CT molecular complexity index is 1380. The standard InChI is InChI=1S/C26H23NO7S/c1-33-20-14-8-17(9-15-20)16-27-22(18-10-12-19(13-11-18)26(30)34-2)24(23(28)25(27)29)35(31,32)21-6-4-3-5-7-21/h3-15,22,28H,16H2,1-2H3/t22-/m1/s1. The molecule has 1 heterocycles. The van der Waals surface area contributed by atoms with Crippen molar-refractivity contribution >= 4 is 21.7 Å². The monoisotopic (exact) mass is 493 g/mol. The van der Waals surface area contributed by atoms with Gasteiger partial charge in [-0.1, -0.05) is 42.5 Å². The van der Waals surface area contributed by atoms with E-state index in [4.69, 9.17) is 9.47 Å². The molecule has 3 aromatic rings. The first-order valence-electron chi connectivity index (χ1n) is 10.6. The molecule has 1 amide bonds. The highest BCUT2D eigenvalue weighted by molar-refractivity contribution is 7.95. The number of aliphatic hydroxyl groups is 1. The number of sulfone groups is 1. The van der Waals surface area contributed by atoms with Gasteiger partial charge in [0.2, 0.25) is 9.84 Å². The first-order valence-corrected chi connectivity index (χ1v) is 12.1. The molecule has 1 atom stereocenters. The number of methoxy groups -OCH3 is 2. The van der Waals surface area contributed by atoms with Gasteiger partial charge in [0, 0.05) is 6.54 Å². The highest BCUT2D eigenvalue weighted by Gasteiger charge is 2.46. The SMILES string of the molecule is COC(=O)c1ccc([C@@H]2C(S(=O)(=O)c3ccccc3)=C(O)C(=O)N2Cc2ccc(OC)cc2)cc1. The number of nitrogens with zero attached hydrogens (tertiary/aromatic N) is 1. The summed E-state index contributed by atoms with van der Waals surface area (Å²) in [6.07, 6.45) is 0. The Balaban J connectivity index is 1.82. The number of aliphatic hydroxyl groups excluding tert-OH is 1. The molecule has 0 unspecified atom stereocenters. The van der Waals surface area contributed by atoms with E-state index in [2.05, 4.69) is 0 Å². The maximum atomic E-state index is 13.6. The van der Waals surface area contributed by atoms with Gasteiger partial charge in [-0.25, -0.2) is 13.2 Å². The largest absolute Gasteiger partial charge is 0.502 e. The summed E-state index contributed by atoms with van der Waals surface area (Å²) in [5, 5.41) is 10.8. The van der Waals surface area contributed by atoms with Gasteiger partial charge in [-0.2, -0.15) is 0 Å². The van der Waals surface area contributed by atoms with Gasteiger partial charge in [0.15, 0.2) is 5.76 Å². The third-order valence-electron chi connectivity index (χ3n) is 5.76. The number of carbonyl (C=O) groups excluding carboxylic acids is 2. The Hall–Kier alpha value is -4.11. The highest BCUT2D eigenvalue weighted by atomic mass is 32.2. The fourth-order valence-electron chi connectivity index (χ4n) is 3.97. The van der Waals surface area contributed by atoms with Crippen LogP contribution in [0.25, 0.3) is 0 Å². The van der Waals surface area contributed by atoms with Gasteiger partial charge in [-0.3, -0.25) is 4.79 Å². The van der Waals surface area contributed by atoms with Crippen molar-refractivity contribution in [2.45, 2.75) is 17.5 Å². The lowest BCUT2D eigenvalue weighted by atomic mass is 10.0. The van der Waals surface area contributed by atoms with Crippen molar-refractivity contribution in [3.05, 3.63) is 106 Å². The van der Waals surface area contributed by atoms with E-state index >= 15 is 0 Å². The first kappa shape index (κ1) is 24.0. The lowest BCUT2D eigenvalue weighted by Crippen LogP contribution is -2.30. The van der Waals surface area contributed by atoms with Crippen LogP contribution >= 0.6 is 0 Å². The molecule has 180 valence electrons. The van der Waals surface area contributed by atoms with Crippen molar-refractivity contribution in [2.24, 2.45) is 0 Å². The molecule has 35 heavy (non-hydrogen) atoms. The molecule has 0 fully saturated rings. The molecule has 8 nitrogen and oxygen atoms in total. The Labute approximate surface area is 202 Å². The lowest BCUT2D eigenvalue weighted by Gasteiger charge is -2.27. The lowest BCUT2D eigenvalue weighted by molar-refractivity contribution is -0.130. The van der Waals surface area contributed by atoms with Gasteiger partial charge in [0.05, 0.1) is 30.7 Å². The Morgan fingerprint density at radius 2 is 1.57 bits per heavy atom. The van der Waals surface area contributed by atoms with E-state index in [9.17, 15) is 23.1 Å². The summed E-state index contributed by atoms with van der Waals surface area (Å²) >= 11 is 0. The molecular weight excluding hydrogens is 470 g/mol. The summed E-state index contributed by atoms with van der Waals surface area (Å²) in [7, 11) is -1.43. The quantitative estimate of drug-likeness (QED) is 0.499. The molecule has 0 saturated heterocycles. The molecule has 1 N–H and O–H groups in total. The van der Waals surface area contributed by atoms with E-state index in [1.54, 1.807) is 54.6 Å². The number of ether oxygens (including phenoxy) is 2. The second-order valence-corrected chi connectivity index (χ2v) is 9.74. The molecule has 0 saturated carbocycles. The second-order valence-electron chi connectivity index (χ2n) is 7.83. The minimum absolute atomic E-state index is 0.0319. The number of hydrogen-bond donors (Lipinski definition) is 1. The van der Waals surface area contributed by atoms with Crippen LogP contribution in [0.1, 0.15) is 27.5 Å². The molecule has 0 aromatic heterocycles. The molecule has 1 aliphatic rings. The van der Waals surface area contributed by atoms with Gasteiger partial charge in [0.25, 0.3) is 5.91 Å². The van der Waals surface area contributed by atoms with Gasteiger partial charge < -0.3 is 19.5 Å². The number of benzene rings is 3. The van der Waals surface area contributed by atoms with Gasteiger partial charge >= 0.3 is 5.97 Å². The average molecular weight is 494 g/mol. The number of amides is 1. The van der Waals surface area contributed by atoms with Crippen LogP contribution in [0.3, 0.4) is 0 Å². The number of hydrogen-bond acceptors (Lipinski definition) is 7. The van der Waals surface area contributed by atoms with E-state index < -0.39 is 38.4 Å². The van der Waals surface area contributed by atoms with E-state index in [0.29, 0.717) is 16.9 Å². The van der Waals surface area contributed by atoms with Crippen LogP contribution in [0.15, 0.2) is 94.4 Å². The number of rotatable bonds is 7. The molecule has 3 aromatic carbocycles. The predicted octanol–water partition coefficient (Wildman–Crippen LogP) is 3.81. The summed E-state index contributed by atoms with van der Waals surface area (Å²) in [4.78, 5) is 25.9. The molecule has 4 rings (SSSR count). The summed E-state index contributed by atoms with van der Waals surface area (Å²) in [6.45, 7) is 0.0319. The third kappa shape index (κ3) is 4.50. The van der Waals surface area contributed by atoms with Crippen LogP contribution in [0.4, 0.5) is 0 Å². The zero-order valence-electron chi connectivity index (χ0n) is 19.0. The van der Waals surface area contributed by atoms with Crippen LogP contribution in [-0.4, -0.2) is 44.5 Å². The van der Waals surface area contributed by atoms with Gasteiger partial charge in [-0.15, -0.1) is 0 Å². The minimum Gasteiger partial charge on any atom is -0.502 e. The van der Waals surface area contributed by atoms with Crippen LogP contribution < -0.4 is 4.74 Å². The van der Waals surface area contributed by atoms with E-state index in [-0.39, 0.29) is 17.0 Å². The zero-order valence-corrected chi connectivity index (χ0v) is 19.9. The maximum Gasteiger partial charge on any atom is 0.337 e. The van der Waals surface area contributed by atoms with Crippen molar-refractivity contribution < 1.29 is 32.6 Å². The van der Waals surface area contributed by atoms with Gasteiger partial charge in [0.1, 0.15) is 10.7 Å². The Morgan fingerprint density at radius 1 is 0.943 bits per heavy atom. The minimum atomic E-state index is -4.23. The molecule has 0 bridgehead atoms. The van der Waals surface area contributed by atoms with Crippen LogP contribution in [0.5, 0.6) is 5.75 Å². The normalized spacial score (nSPS) is 15.9. The summed E-state index contributed by atoms with van der Waals surface area (Å²) in [5.74, 6) is -1.56. The zero-order chi connectivity index (χ0) is 25.2. The van der Waals surface area contributed by atoms with E-state index in [1.165, 1.54) is 43.4 Å². The fourth-order valence-corrected chi connectivity index (χ4v) is 5.64. The number of carbonyl (C=O) groups is 2. The van der Waals surface area contributed by atoms with Crippen molar-refractivity contribution in [2.75, 3.05) is 14.2 Å². The van der Waals surface area contributed by atoms with Crippen molar-refractivity contribution in [1.82, 2.24) is 4.90 Å². The van der Waals surface area contributed by atoms with E-state index in [0.717, 1.165) is 0 Å². The fraction of sp³-hybridized carbons (Fsp3) is 0.154. The topological polar surface area (TPSA) is 110 Å². The smallest absolute Gasteiger partial charge is 0.337 e. The van der Waals surface area contributed by atoms with E-state index in [1.807, 2.05) is 0 Å². The van der Waals surface area contributed by atoms with Crippen molar-refractivity contribution in [3.63, 3.8) is 0 Å². The maximum absolute atomic E-state index is 13.6. The third-order valence-corrected chi connectivity index (χ3v) is 7.65. The second kappa shape index (κ2) is 9.63. The van der Waals surface area contributed by atoms with Crippen molar-refractivity contribution in [3.8, 4) is 5.75 Å². The molecular formula is C26H23NO7S. The average Bonchev–Trinajstić information content (AvgIpc) is 3.14. The predicted molar refractivity (Wildman–Crippen MR) is 127 cm³/mol. The Morgan fingerprint density at radius 3 is 2.14 bits per heavy atom. The van der Waals surface area contributed by atoms with Crippen LogP contribution in [0.2, 0.25) is 0 Å². The molecule has 1 aliphatic heterocycles. The molecule has 0 spiro atoms. The molecule has 0 radical (unpaired) electrons. The molecule has 0 aliphatic carbocycles. The van der Waals surface area contributed by atoms with Crippen molar-refractivity contribution in [1.29, 1.82) is 0 Å².